The lowest BCUT2D eigenvalue weighted by atomic mass is 9.95. The number of fused-ring (bicyclic) bond motifs is 11. The molecular formula is C52H32N2S. The maximum Gasteiger partial charge on any atom is 0.0640 e. The van der Waals surface area contributed by atoms with Gasteiger partial charge < -0.3 is 9.13 Å². The molecule has 256 valence electrons. The molecule has 0 unspecified atom stereocenters. The molecule has 2 nitrogen and oxygen atoms in total. The van der Waals surface area contributed by atoms with E-state index in [1.54, 1.807) is 0 Å². The minimum Gasteiger partial charge on any atom is -0.309 e. The van der Waals surface area contributed by atoms with Crippen molar-refractivity contribution in [3.8, 4) is 33.6 Å². The van der Waals surface area contributed by atoms with Crippen molar-refractivity contribution in [2.75, 3.05) is 0 Å². The van der Waals surface area contributed by atoms with Gasteiger partial charge in [0, 0.05) is 52.8 Å². The van der Waals surface area contributed by atoms with Gasteiger partial charge in [0.1, 0.15) is 0 Å². The van der Waals surface area contributed by atoms with Crippen LogP contribution in [0.1, 0.15) is 0 Å². The Bertz CT molecular complexity index is 3470. The summed E-state index contributed by atoms with van der Waals surface area (Å²) in [6.07, 6.45) is 0. The standard InChI is InChI=1S/C52H32N2S/c1-2-13-33(14-3-1)34-25-28-37(29-26-34)53-45-21-9-6-18-39(45)43-31-36(27-30-47(43)53)42-32-49-51(41-20-8-11-24-48(41)55-49)52-50(42)40-19-7-10-22-46(40)54(52)44-23-12-16-35-15-4-5-17-38(35)44/h1-32H. The Morgan fingerprint density at radius 1 is 0.345 bits per heavy atom. The number of hydrogen-bond donors (Lipinski definition) is 0. The molecule has 0 fully saturated rings. The summed E-state index contributed by atoms with van der Waals surface area (Å²) in [6.45, 7) is 0. The third-order valence-electron chi connectivity index (χ3n) is 11.5. The van der Waals surface area contributed by atoms with Gasteiger partial charge in [0.05, 0.1) is 27.8 Å². The molecule has 12 rings (SSSR count). The third kappa shape index (κ3) is 4.48. The average molecular weight is 717 g/mol. The molecule has 0 saturated heterocycles. The molecule has 0 atom stereocenters. The molecule has 9 aromatic carbocycles. The molecule has 0 aliphatic rings. The second-order valence-electron chi connectivity index (χ2n) is 14.5. The fourth-order valence-corrected chi connectivity index (χ4v) is 10.2. The van der Waals surface area contributed by atoms with E-state index >= 15 is 0 Å². The molecule has 0 radical (unpaired) electrons. The Hall–Kier alpha value is -6.94. The second-order valence-corrected chi connectivity index (χ2v) is 15.6. The zero-order valence-corrected chi connectivity index (χ0v) is 30.6. The highest BCUT2D eigenvalue weighted by Crippen LogP contribution is 2.48. The smallest absolute Gasteiger partial charge is 0.0640 e. The van der Waals surface area contributed by atoms with E-state index in [1.165, 1.54) is 102 Å². The predicted octanol–water partition coefficient (Wildman–Crippen LogP) is 14.7. The summed E-state index contributed by atoms with van der Waals surface area (Å²) in [6, 6.07) is 71.3. The highest BCUT2D eigenvalue weighted by molar-refractivity contribution is 7.26. The molecule has 3 heteroatoms. The van der Waals surface area contributed by atoms with E-state index in [0.29, 0.717) is 0 Å². The van der Waals surface area contributed by atoms with E-state index in [1.807, 2.05) is 11.3 Å². The molecule has 0 N–H and O–H groups in total. The van der Waals surface area contributed by atoms with Crippen LogP contribution in [0.5, 0.6) is 0 Å². The molecule has 3 heterocycles. The molecular weight excluding hydrogens is 685 g/mol. The van der Waals surface area contributed by atoms with Crippen LogP contribution in [0, 0.1) is 0 Å². The van der Waals surface area contributed by atoms with Gasteiger partial charge in [0.15, 0.2) is 0 Å². The number of thiophene rings is 1. The van der Waals surface area contributed by atoms with Crippen LogP contribution in [-0.4, -0.2) is 9.13 Å². The summed E-state index contributed by atoms with van der Waals surface area (Å²) < 4.78 is 7.57. The number of para-hydroxylation sites is 2. The first-order valence-corrected chi connectivity index (χ1v) is 19.7. The maximum absolute atomic E-state index is 2.54. The van der Waals surface area contributed by atoms with Crippen molar-refractivity contribution in [3.63, 3.8) is 0 Å². The van der Waals surface area contributed by atoms with Gasteiger partial charge >= 0.3 is 0 Å². The van der Waals surface area contributed by atoms with Crippen LogP contribution in [0.2, 0.25) is 0 Å². The van der Waals surface area contributed by atoms with E-state index in [9.17, 15) is 0 Å². The van der Waals surface area contributed by atoms with Crippen molar-refractivity contribution in [3.05, 3.63) is 194 Å². The normalized spacial score (nSPS) is 12.0. The number of aromatic nitrogens is 2. The average Bonchev–Trinajstić information content (AvgIpc) is 3.91. The van der Waals surface area contributed by atoms with Crippen molar-refractivity contribution in [2.45, 2.75) is 0 Å². The summed E-state index contributed by atoms with van der Waals surface area (Å²) in [5.41, 5.74) is 12.2. The van der Waals surface area contributed by atoms with Gasteiger partial charge in [-0.05, 0) is 82.2 Å². The van der Waals surface area contributed by atoms with Crippen LogP contribution in [0.3, 0.4) is 0 Å². The maximum atomic E-state index is 2.54. The van der Waals surface area contributed by atoms with Gasteiger partial charge in [-0.3, -0.25) is 0 Å². The fourth-order valence-electron chi connectivity index (χ4n) is 9.10. The zero-order chi connectivity index (χ0) is 36.0. The molecule has 0 aliphatic heterocycles. The number of benzene rings is 9. The van der Waals surface area contributed by atoms with Crippen molar-refractivity contribution >= 4 is 85.9 Å². The summed E-state index contributed by atoms with van der Waals surface area (Å²) in [5, 5.41) is 10.2. The summed E-state index contributed by atoms with van der Waals surface area (Å²) in [5.74, 6) is 0. The molecule has 0 aliphatic carbocycles. The fraction of sp³-hybridized carbons (Fsp3) is 0. The second kappa shape index (κ2) is 11.8. The minimum atomic E-state index is 1.16. The predicted molar refractivity (Wildman–Crippen MR) is 236 cm³/mol. The molecule has 55 heavy (non-hydrogen) atoms. The molecule has 12 aromatic rings. The summed E-state index contributed by atoms with van der Waals surface area (Å²) >= 11 is 1.89. The van der Waals surface area contributed by atoms with Gasteiger partial charge in [0.25, 0.3) is 0 Å². The highest BCUT2D eigenvalue weighted by Gasteiger charge is 2.23. The topological polar surface area (TPSA) is 9.86 Å². The summed E-state index contributed by atoms with van der Waals surface area (Å²) in [4.78, 5) is 0. The number of rotatable bonds is 4. The van der Waals surface area contributed by atoms with E-state index in [4.69, 9.17) is 0 Å². The largest absolute Gasteiger partial charge is 0.309 e. The van der Waals surface area contributed by atoms with Gasteiger partial charge in [0.2, 0.25) is 0 Å². The Morgan fingerprint density at radius 2 is 0.964 bits per heavy atom. The Labute approximate surface area is 321 Å². The van der Waals surface area contributed by atoms with Crippen LogP contribution in [0.25, 0.3) is 108 Å². The van der Waals surface area contributed by atoms with Crippen molar-refractivity contribution in [1.82, 2.24) is 9.13 Å². The van der Waals surface area contributed by atoms with Crippen LogP contribution in [0.4, 0.5) is 0 Å². The van der Waals surface area contributed by atoms with Crippen LogP contribution < -0.4 is 0 Å². The quantitative estimate of drug-likeness (QED) is 0.172. The van der Waals surface area contributed by atoms with E-state index < -0.39 is 0 Å². The van der Waals surface area contributed by atoms with Gasteiger partial charge in [-0.2, -0.15) is 0 Å². The Morgan fingerprint density at radius 3 is 1.80 bits per heavy atom. The van der Waals surface area contributed by atoms with Crippen molar-refractivity contribution in [2.24, 2.45) is 0 Å². The first-order chi connectivity index (χ1) is 27.3. The van der Waals surface area contributed by atoms with Gasteiger partial charge in [-0.1, -0.05) is 140 Å². The molecule has 0 amide bonds. The van der Waals surface area contributed by atoms with Gasteiger partial charge in [-0.15, -0.1) is 11.3 Å². The third-order valence-corrected chi connectivity index (χ3v) is 12.6. The van der Waals surface area contributed by atoms with E-state index in [0.717, 1.165) is 5.69 Å². The first-order valence-electron chi connectivity index (χ1n) is 18.9. The van der Waals surface area contributed by atoms with Crippen molar-refractivity contribution in [1.29, 1.82) is 0 Å². The SMILES string of the molecule is c1ccc(-c2ccc(-n3c4ccccc4c4cc(-c5cc6sc7ccccc7c6c6c5c5ccccc5n6-c5cccc6ccccc56)ccc43)cc2)cc1. The summed E-state index contributed by atoms with van der Waals surface area (Å²) in [7, 11) is 0. The zero-order valence-electron chi connectivity index (χ0n) is 29.8. The van der Waals surface area contributed by atoms with E-state index in [-0.39, 0.29) is 0 Å². The molecule has 0 spiro atoms. The lowest BCUT2D eigenvalue weighted by molar-refractivity contribution is 1.18. The number of nitrogens with zero attached hydrogens (tertiary/aromatic N) is 2. The van der Waals surface area contributed by atoms with Crippen LogP contribution >= 0.6 is 11.3 Å². The number of hydrogen-bond acceptors (Lipinski definition) is 1. The van der Waals surface area contributed by atoms with Crippen LogP contribution in [0.15, 0.2) is 194 Å². The highest BCUT2D eigenvalue weighted by atomic mass is 32.1. The van der Waals surface area contributed by atoms with Crippen LogP contribution in [-0.2, 0) is 0 Å². The lowest BCUT2D eigenvalue weighted by Crippen LogP contribution is -1.96. The minimum absolute atomic E-state index is 1.16. The van der Waals surface area contributed by atoms with E-state index in [2.05, 4.69) is 203 Å². The Kier molecular flexibility index (Phi) is 6.54. The van der Waals surface area contributed by atoms with Gasteiger partial charge in [-0.25, -0.2) is 0 Å². The molecule has 0 bridgehead atoms. The first kappa shape index (κ1) is 30.5. The monoisotopic (exact) mass is 716 g/mol. The Balaban J connectivity index is 1.16. The lowest BCUT2D eigenvalue weighted by Gasteiger charge is -2.14. The van der Waals surface area contributed by atoms with Crippen molar-refractivity contribution < 1.29 is 0 Å². The molecule has 0 saturated carbocycles. The molecule has 3 aromatic heterocycles.